The van der Waals surface area contributed by atoms with Crippen LogP contribution in [0.3, 0.4) is 0 Å². The molecule has 218 valence electrons. The van der Waals surface area contributed by atoms with Crippen molar-refractivity contribution in [3.05, 3.63) is 48.5 Å². The Kier molecular flexibility index (Phi) is 11.2. The molecule has 0 bridgehead atoms. The highest BCUT2D eigenvalue weighted by molar-refractivity contribution is 7.89. The van der Waals surface area contributed by atoms with E-state index >= 15 is 0 Å². The maximum atomic E-state index is 13.6. The van der Waals surface area contributed by atoms with Gasteiger partial charge in [0, 0.05) is 26.2 Å². The first-order valence-corrected chi connectivity index (χ1v) is 16.3. The number of sulfonamides is 2. The second-order valence-corrected chi connectivity index (χ2v) is 14.4. The van der Waals surface area contributed by atoms with Crippen LogP contribution in [0, 0.1) is 11.8 Å². The maximum Gasteiger partial charge on any atom is 0.243 e. The van der Waals surface area contributed by atoms with Gasteiger partial charge in [-0.1, -0.05) is 26.7 Å². The Labute approximate surface area is 233 Å². The molecule has 0 saturated heterocycles. The highest BCUT2D eigenvalue weighted by Gasteiger charge is 2.31. The van der Waals surface area contributed by atoms with E-state index in [9.17, 15) is 21.9 Å². The van der Waals surface area contributed by atoms with Crippen molar-refractivity contribution in [2.24, 2.45) is 11.8 Å². The van der Waals surface area contributed by atoms with E-state index in [4.69, 9.17) is 9.47 Å². The first kappa shape index (κ1) is 31.3. The summed E-state index contributed by atoms with van der Waals surface area (Å²) in [4.78, 5) is 0.278. The number of methoxy groups -OCH3 is 2. The highest BCUT2D eigenvalue weighted by atomic mass is 32.2. The molecule has 3 rings (SSSR count). The fourth-order valence-corrected chi connectivity index (χ4v) is 8.05. The molecule has 0 heterocycles. The van der Waals surface area contributed by atoms with Crippen molar-refractivity contribution >= 4 is 20.0 Å². The Hall–Kier alpha value is -2.18. The van der Waals surface area contributed by atoms with Gasteiger partial charge in [-0.25, -0.2) is 16.8 Å². The molecule has 0 amide bonds. The molecule has 0 spiro atoms. The van der Waals surface area contributed by atoms with Gasteiger partial charge in [0.25, 0.3) is 0 Å². The summed E-state index contributed by atoms with van der Waals surface area (Å²) < 4.78 is 67.0. The molecule has 1 aliphatic rings. The summed E-state index contributed by atoms with van der Waals surface area (Å²) >= 11 is 0. The Balaban J connectivity index is 1.76. The predicted molar refractivity (Wildman–Crippen MR) is 151 cm³/mol. The summed E-state index contributed by atoms with van der Waals surface area (Å²) in [5.41, 5.74) is 0. The van der Waals surface area contributed by atoms with Gasteiger partial charge in [0.05, 0.1) is 30.1 Å². The standard InChI is InChI=1S/C28H42N2O7S2/c1-22(2)19-30(39(34,35)28-15-11-26(37-4)12-16-28)21-24(31)17-18-29(20-23-7-5-6-8-23)38(32,33)27-13-9-25(36-3)10-14-27/h9-16,22-24,31H,5-8,17-21H2,1-4H3/t24-/m0/s1. The molecule has 39 heavy (non-hydrogen) atoms. The van der Waals surface area contributed by atoms with Gasteiger partial charge in [0.15, 0.2) is 0 Å². The number of nitrogens with zero attached hydrogens (tertiary/aromatic N) is 2. The van der Waals surface area contributed by atoms with Gasteiger partial charge in [-0.3, -0.25) is 0 Å². The van der Waals surface area contributed by atoms with Gasteiger partial charge in [0.1, 0.15) is 11.5 Å². The van der Waals surface area contributed by atoms with Crippen LogP contribution in [-0.2, 0) is 20.0 Å². The second kappa shape index (κ2) is 13.9. The third-order valence-electron chi connectivity index (χ3n) is 7.03. The van der Waals surface area contributed by atoms with Crippen molar-refractivity contribution in [2.45, 2.75) is 61.8 Å². The van der Waals surface area contributed by atoms with Crippen LogP contribution < -0.4 is 9.47 Å². The van der Waals surface area contributed by atoms with Crippen molar-refractivity contribution < 1.29 is 31.4 Å². The van der Waals surface area contributed by atoms with E-state index in [0.717, 1.165) is 25.7 Å². The molecule has 2 aromatic rings. The van der Waals surface area contributed by atoms with Gasteiger partial charge in [-0.15, -0.1) is 0 Å². The summed E-state index contributed by atoms with van der Waals surface area (Å²) in [5.74, 6) is 1.41. The maximum absolute atomic E-state index is 13.6. The normalized spacial score (nSPS) is 15.8. The Morgan fingerprint density at radius 1 is 0.795 bits per heavy atom. The summed E-state index contributed by atoms with van der Waals surface area (Å²) in [6.07, 6.45) is 3.16. The minimum atomic E-state index is -3.88. The van der Waals surface area contributed by atoms with Crippen molar-refractivity contribution in [1.29, 1.82) is 0 Å². The van der Waals surface area contributed by atoms with E-state index in [0.29, 0.717) is 18.0 Å². The number of aliphatic hydroxyl groups excluding tert-OH is 1. The third-order valence-corrected chi connectivity index (χ3v) is 10.8. The molecule has 1 N–H and O–H groups in total. The first-order valence-electron chi connectivity index (χ1n) is 13.4. The lowest BCUT2D eigenvalue weighted by Crippen LogP contribution is -2.42. The average molecular weight is 583 g/mol. The van der Waals surface area contributed by atoms with Crippen LogP contribution in [0.5, 0.6) is 11.5 Å². The van der Waals surface area contributed by atoms with Gasteiger partial charge < -0.3 is 14.6 Å². The molecule has 9 nitrogen and oxygen atoms in total. The van der Waals surface area contributed by atoms with E-state index in [1.54, 1.807) is 24.3 Å². The van der Waals surface area contributed by atoms with Crippen LogP contribution in [0.1, 0.15) is 46.0 Å². The molecule has 1 aliphatic carbocycles. The van der Waals surface area contributed by atoms with E-state index in [1.807, 2.05) is 13.8 Å². The Morgan fingerprint density at radius 2 is 1.26 bits per heavy atom. The third kappa shape index (κ3) is 8.40. The average Bonchev–Trinajstić information content (AvgIpc) is 3.43. The Morgan fingerprint density at radius 3 is 1.69 bits per heavy atom. The summed E-state index contributed by atoms with van der Waals surface area (Å²) in [6, 6.07) is 12.4. The number of benzene rings is 2. The molecule has 0 unspecified atom stereocenters. The molecule has 1 atom stereocenters. The van der Waals surface area contributed by atoms with E-state index < -0.39 is 26.2 Å². The monoisotopic (exact) mass is 582 g/mol. The number of rotatable bonds is 15. The van der Waals surface area contributed by atoms with E-state index in [-0.39, 0.29) is 47.7 Å². The summed E-state index contributed by atoms with van der Waals surface area (Å²) in [6.45, 7) is 4.38. The van der Waals surface area contributed by atoms with Crippen molar-refractivity contribution in [3.63, 3.8) is 0 Å². The summed E-state index contributed by atoms with van der Waals surface area (Å²) in [5, 5.41) is 11.0. The lowest BCUT2D eigenvalue weighted by Gasteiger charge is -2.29. The fraction of sp³-hybridized carbons (Fsp3) is 0.571. The first-order chi connectivity index (χ1) is 18.5. The zero-order valence-corrected chi connectivity index (χ0v) is 25.0. The smallest absolute Gasteiger partial charge is 0.243 e. The van der Waals surface area contributed by atoms with Crippen LogP contribution >= 0.6 is 0 Å². The molecule has 1 fully saturated rings. The number of aliphatic hydroxyl groups is 1. The second-order valence-electron chi connectivity index (χ2n) is 10.5. The van der Waals surface area contributed by atoms with Crippen molar-refractivity contribution in [2.75, 3.05) is 40.4 Å². The minimum absolute atomic E-state index is 0.0274. The fourth-order valence-electron chi connectivity index (χ4n) is 4.88. The van der Waals surface area contributed by atoms with Crippen LogP contribution in [0.15, 0.2) is 58.3 Å². The molecule has 1 saturated carbocycles. The summed E-state index contributed by atoms with van der Waals surface area (Å²) in [7, 11) is -4.66. The van der Waals surface area contributed by atoms with Gasteiger partial charge in [-0.2, -0.15) is 8.61 Å². The zero-order chi connectivity index (χ0) is 28.6. The van der Waals surface area contributed by atoms with Gasteiger partial charge in [0.2, 0.25) is 20.0 Å². The quantitative estimate of drug-likeness (QED) is 0.338. The molecule has 11 heteroatoms. The zero-order valence-electron chi connectivity index (χ0n) is 23.3. The van der Waals surface area contributed by atoms with Crippen molar-refractivity contribution in [3.8, 4) is 11.5 Å². The molecule has 0 aliphatic heterocycles. The SMILES string of the molecule is COc1ccc(S(=O)(=O)N(CC[C@H](O)CN(CC(C)C)S(=O)(=O)c2ccc(OC)cc2)CC2CCCC2)cc1. The van der Waals surface area contributed by atoms with Gasteiger partial charge in [-0.05, 0) is 79.6 Å². The topological polar surface area (TPSA) is 113 Å². The predicted octanol–water partition coefficient (Wildman–Crippen LogP) is 3.98. The van der Waals surface area contributed by atoms with Crippen LogP contribution in [0.25, 0.3) is 0 Å². The lowest BCUT2D eigenvalue weighted by molar-refractivity contribution is 0.125. The van der Waals surface area contributed by atoms with E-state index in [1.165, 1.54) is 47.1 Å². The lowest BCUT2D eigenvalue weighted by atomic mass is 10.1. The van der Waals surface area contributed by atoms with Crippen LogP contribution in [-0.4, -0.2) is 77.1 Å². The van der Waals surface area contributed by atoms with Crippen LogP contribution in [0.2, 0.25) is 0 Å². The van der Waals surface area contributed by atoms with Gasteiger partial charge >= 0.3 is 0 Å². The largest absolute Gasteiger partial charge is 0.497 e. The Bertz CT molecular complexity index is 1240. The molecular weight excluding hydrogens is 540 g/mol. The number of hydrogen-bond donors (Lipinski definition) is 1. The van der Waals surface area contributed by atoms with Crippen molar-refractivity contribution in [1.82, 2.24) is 8.61 Å². The highest BCUT2D eigenvalue weighted by Crippen LogP contribution is 2.29. The number of hydrogen-bond acceptors (Lipinski definition) is 7. The minimum Gasteiger partial charge on any atom is -0.497 e. The molecular formula is C28H42N2O7S2. The van der Waals surface area contributed by atoms with Crippen LogP contribution in [0.4, 0.5) is 0 Å². The molecule has 0 radical (unpaired) electrons. The molecule has 0 aromatic heterocycles. The number of ether oxygens (including phenoxy) is 2. The van der Waals surface area contributed by atoms with E-state index in [2.05, 4.69) is 0 Å². The molecule has 2 aromatic carbocycles.